The number of nitrogens with zero attached hydrogens (tertiary/aromatic N) is 8. The maximum atomic E-state index is 13.9. The van der Waals surface area contributed by atoms with Gasteiger partial charge in [-0.1, -0.05) is 120 Å². The monoisotopic (exact) mass is 1470 g/mol. The summed E-state index contributed by atoms with van der Waals surface area (Å²) in [6.45, 7) is 16.6. The summed E-state index contributed by atoms with van der Waals surface area (Å²) in [6.07, 6.45) is -1.68. The summed E-state index contributed by atoms with van der Waals surface area (Å²) in [7, 11) is 1.26. The number of carboxylic acid groups (broad SMARTS) is 1. The minimum atomic E-state index is -1.14. The lowest BCUT2D eigenvalue weighted by Gasteiger charge is -2.35. The first-order chi connectivity index (χ1) is 50.0. The van der Waals surface area contributed by atoms with Crippen LogP contribution in [0.3, 0.4) is 0 Å². The Kier molecular flexibility index (Phi) is 24.9. The number of ether oxygens (including phenoxy) is 1. The van der Waals surface area contributed by atoms with Gasteiger partial charge in [0.2, 0.25) is 17.7 Å². The minimum absolute atomic E-state index is 0.0139. The van der Waals surface area contributed by atoms with Crippen molar-refractivity contribution in [3.8, 4) is 32.4 Å². The quantitative estimate of drug-likeness (QED) is 0.0403. The number of thiazole rings is 2. The lowest BCUT2D eigenvalue weighted by molar-refractivity contribution is -0.153. The molecule has 25 nitrogen and oxygen atoms in total. The molecule has 556 valence electrons. The number of rotatable bonds is 18. The summed E-state index contributed by atoms with van der Waals surface area (Å²) in [6, 6.07) is 28.0. The van der Waals surface area contributed by atoms with Gasteiger partial charge in [0, 0.05) is 93.8 Å². The number of carbonyl (C=O) groups excluding carboxylic acids is 8. The number of aliphatic hydroxyl groups is 3. The number of aliphatic hydroxyl groups excluding tert-OH is 3. The van der Waals surface area contributed by atoms with Crippen LogP contribution in [0.4, 0.5) is 0 Å². The van der Waals surface area contributed by atoms with Crippen LogP contribution in [0.15, 0.2) is 120 Å². The Hall–Kier alpha value is -9.77. The summed E-state index contributed by atoms with van der Waals surface area (Å²) in [4.78, 5) is 135. The first-order valence-electron chi connectivity index (χ1n) is 35.1. The van der Waals surface area contributed by atoms with E-state index in [9.17, 15) is 73.8 Å². The molecule has 0 aliphatic carbocycles. The van der Waals surface area contributed by atoms with Crippen LogP contribution in [-0.2, 0) is 66.1 Å². The molecule has 3 saturated heterocycles. The number of aliphatic carboxylic acids is 1. The molecule has 0 saturated carbocycles. The molecule has 8 heterocycles. The number of β-amino-alcohol motifs (C(OH)–C–C–N with tert-alkyl or cyclic N) is 3. The van der Waals surface area contributed by atoms with Crippen molar-refractivity contribution in [1.29, 1.82) is 0 Å². The molecule has 0 radical (unpaired) electrons. The molecule has 7 aromatic rings. The van der Waals surface area contributed by atoms with Crippen molar-refractivity contribution in [3.63, 3.8) is 0 Å². The van der Waals surface area contributed by atoms with Crippen molar-refractivity contribution >= 4 is 75.8 Å². The molecule has 0 spiro atoms. The van der Waals surface area contributed by atoms with Gasteiger partial charge in [-0.15, -0.1) is 22.7 Å². The van der Waals surface area contributed by atoms with Gasteiger partial charge in [0.05, 0.1) is 63.6 Å². The van der Waals surface area contributed by atoms with Gasteiger partial charge >= 0.3 is 11.9 Å². The molecule has 5 aromatic carbocycles. The molecule has 27 heteroatoms. The average Bonchev–Trinajstić information content (AvgIpc) is 1.64. The van der Waals surface area contributed by atoms with Gasteiger partial charge in [-0.3, -0.25) is 33.6 Å². The fraction of sp³-hybridized carbons (Fsp3) is 0.423. The highest BCUT2D eigenvalue weighted by Gasteiger charge is 2.49. The number of phenolic OH excluding ortho intramolecular Hbond substituents is 2. The largest absolute Gasteiger partial charge is 0.508 e. The van der Waals surface area contributed by atoms with Crippen molar-refractivity contribution in [1.82, 2.24) is 39.4 Å². The number of aryl methyl sites for hydroxylation is 3. The Bertz CT molecular complexity index is 4400. The van der Waals surface area contributed by atoms with E-state index in [-0.39, 0.29) is 110 Å². The topological polar surface area (TPSA) is 355 Å². The first kappa shape index (κ1) is 77.8. The van der Waals surface area contributed by atoms with E-state index in [0.29, 0.717) is 54.9 Å². The smallest absolute Gasteiger partial charge is 0.328 e. The van der Waals surface area contributed by atoms with Crippen LogP contribution in [-0.4, -0.2) is 204 Å². The summed E-state index contributed by atoms with van der Waals surface area (Å²) in [5.41, 5.74) is 18.6. The Morgan fingerprint density at radius 2 is 0.876 bits per heavy atom. The van der Waals surface area contributed by atoms with E-state index in [0.717, 1.165) is 54.5 Å². The average molecular weight is 1470 g/mol. The molecule has 8 N–H and O–H groups in total. The number of hydrogen-bond acceptors (Lipinski definition) is 20. The van der Waals surface area contributed by atoms with Gasteiger partial charge < -0.3 is 70.5 Å². The molecule has 3 fully saturated rings. The third-order valence-corrected chi connectivity index (χ3v) is 22.0. The number of esters is 1. The van der Waals surface area contributed by atoms with Crippen LogP contribution in [0.25, 0.3) is 20.9 Å². The number of carboxylic acids is 1. The molecule has 0 bridgehead atoms. The zero-order valence-corrected chi connectivity index (χ0v) is 61.8. The number of fused-ring (bicyclic) bond motifs is 3. The van der Waals surface area contributed by atoms with Crippen LogP contribution in [0.1, 0.15) is 138 Å². The minimum Gasteiger partial charge on any atom is -0.508 e. The van der Waals surface area contributed by atoms with Crippen molar-refractivity contribution in [3.05, 3.63) is 176 Å². The molecule has 6 aliphatic rings. The molecular weight excluding hydrogens is 1380 g/mol. The van der Waals surface area contributed by atoms with Gasteiger partial charge in [-0.05, 0) is 102 Å². The third-order valence-electron chi connectivity index (χ3n) is 20.1. The van der Waals surface area contributed by atoms with Crippen molar-refractivity contribution in [2.45, 2.75) is 168 Å². The standard InChI is InChI=1S/C30H33N3O5S.C19H24N2O5.C18H22N2O5.C11H12N2OS/c1-17(2)27(33-14-21-6-4-5-7-23(21)29(33)37)30(38)32-15-22(34)13-24(32)25(35)11-10-19-8-9-20(12-26(19)36)28-18(3)31-16-39-28;1-11(2)16(21-9-12-6-4-5-7-14(12)17(21)23)18(24)20-10-13(22)8-15(20)19(25)26-3;1-10(2)15(17(23)19-9-12(21)7-14(19)18(24)25)20-8-11-5-3-4-6-13(11)16(20)22;1-7-11(15-6-13-7)8-2-3-9(5-12)10(14)4-8/h4-9,12,16-17,22,24,27,34,36H,10-11,13-15H2,1-3H3;4-7,11,13,15-16,22H,8-10H2,1-3H3;3-6,10,12,14-15,21H,7-9H2,1-2H3,(H,24,25);2-4,6,14H,5,12H2,1H3/t22-,24+,27+;13-,15+,16+;12-,14+,15+;/m111./s1. The van der Waals surface area contributed by atoms with E-state index in [1.54, 1.807) is 74.6 Å². The number of Topliss-reactive ketones (excluding diaryl/α,β-unsaturated/α-hetero) is 1. The number of hydrogen-bond donors (Lipinski definition) is 7. The van der Waals surface area contributed by atoms with Crippen LogP contribution in [0.5, 0.6) is 11.5 Å². The number of ketones is 1. The third kappa shape index (κ3) is 16.8. The van der Waals surface area contributed by atoms with E-state index in [4.69, 9.17) is 10.5 Å². The Morgan fingerprint density at radius 1 is 0.524 bits per heavy atom. The predicted octanol–water partition coefficient (Wildman–Crippen LogP) is 7.77. The molecule has 6 amide bonds. The maximum Gasteiger partial charge on any atom is 0.328 e. The fourth-order valence-corrected chi connectivity index (χ4v) is 16.4. The zero-order chi connectivity index (χ0) is 76.0. The van der Waals surface area contributed by atoms with Gasteiger partial charge in [-0.25, -0.2) is 19.6 Å². The van der Waals surface area contributed by atoms with Crippen LogP contribution in [0, 0.1) is 31.6 Å². The van der Waals surface area contributed by atoms with Crippen molar-refractivity contribution < 1.29 is 78.5 Å². The number of carbonyl (C=O) groups is 9. The summed E-state index contributed by atoms with van der Waals surface area (Å²) in [5, 5.41) is 59.9. The SMILES string of the molecule is CC(C)[C@@H](C(=O)N1C[C@H](O)C[C@H]1C(=O)O)N1Cc2ccccc2C1=O.COC(=O)[C@@H]1C[C@@H](O)CN1C(=O)[C@H](C(C)C)N1Cc2ccccc2C1=O.Cc1ncsc1-c1ccc(CCC(=O)[C@@H]2C[C@@H](O)CN2C(=O)[C@H](C(C)C)N2Cc3ccccc3C2=O)c(O)c1.Cc1ncsc1-c1ccc(CN)c(O)c1. The van der Waals surface area contributed by atoms with E-state index >= 15 is 0 Å². The number of phenols is 2. The van der Waals surface area contributed by atoms with E-state index in [1.165, 1.54) is 38.0 Å². The second-order valence-electron chi connectivity index (χ2n) is 28.3. The fourth-order valence-electron chi connectivity index (χ4n) is 14.8. The van der Waals surface area contributed by atoms with Crippen LogP contribution in [0.2, 0.25) is 0 Å². The highest BCUT2D eigenvalue weighted by Crippen LogP contribution is 2.37. The van der Waals surface area contributed by atoms with Gasteiger partial charge in [-0.2, -0.15) is 0 Å². The number of likely N-dealkylation sites (tertiary alicyclic amines) is 3. The number of methoxy groups -OCH3 is 1. The highest BCUT2D eigenvalue weighted by molar-refractivity contribution is 7.13. The lowest BCUT2D eigenvalue weighted by atomic mass is 9.97. The Morgan fingerprint density at radius 3 is 1.21 bits per heavy atom. The Balaban J connectivity index is 0.000000158. The second-order valence-corrected chi connectivity index (χ2v) is 30.0. The number of benzene rings is 5. The van der Waals surface area contributed by atoms with Gasteiger partial charge in [0.15, 0.2) is 5.78 Å². The molecule has 2 aromatic heterocycles. The predicted molar refractivity (Wildman–Crippen MR) is 392 cm³/mol. The highest BCUT2D eigenvalue weighted by atomic mass is 32.1. The molecule has 105 heavy (non-hydrogen) atoms. The first-order valence-corrected chi connectivity index (χ1v) is 36.9. The summed E-state index contributed by atoms with van der Waals surface area (Å²) < 4.78 is 4.78. The summed E-state index contributed by atoms with van der Waals surface area (Å²) in [5.74, 6) is -3.62. The van der Waals surface area contributed by atoms with Gasteiger partial charge in [0.1, 0.15) is 41.7 Å². The number of nitrogens with two attached hydrogens (primary N) is 1. The van der Waals surface area contributed by atoms with Crippen LogP contribution < -0.4 is 5.73 Å². The molecule has 6 aliphatic heterocycles. The molecule has 9 atom stereocenters. The zero-order valence-electron chi connectivity index (χ0n) is 60.2. The van der Waals surface area contributed by atoms with Crippen molar-refractivity contribution in [2.24, 2.45) is 23.5 Å². The number of amides is 6. The number of aromatic nitrogens is 2. The summed E-state index contributed by atoms with van der Waals surface area (Å²) >= 11 is 3.07. The van der Waals surface area contributed by atoms with Crippen molar-refractivity contribution in [2.75, 3.05) is 26.7 Å². The molecule has 0 unspecified atom stereocenters. The van der Waals surface area contributed by atoms with E-state index < -0.39 is 72.4 Å². The molecular formula is C78H91N9O16S2. The lowest BCUT2D eigenvalue weighted by Crippen LogP contribution is -2.54. The normalized spacial score (nSPS) is 20.2. The Labute approximate surface area is 617 Å². The maximum absolute atomic E-state index is 13.9. The van der Waals surface area contributed by atoms with E-state index in [1.807, 2.05) is 122 Å². The number of aromatic hydroxyl groups is 2. The van der Waals surface area contributed by atoms with Gasteiger partial charge in [0.25, 0.3) is 17.7 Å². The van der Waals surface area contributed by atoms with Crippen LogP contribution >= 0.6 is 22.7 Å². The van der Waals surface area contributed by atoms with E-state index in [2.05, 4.69) is 9.97 Å². The second kappa shape index (κ2) is 33.6. The molecule has 13 rings (SSSR count).